The fourth-order valence-electron chi connectivity index (χ4n) is 5.54. The van der Waals surface area contributed by atoms with E-state index in [1.165, 1.54) is 56.5 Å². The topological polar surface area (TPSA) is 312 Å². The molecule has 6 aromatic rings. The van der Waals surface area contributed by atoms with Crippen LogP contribution in [0.4, 0.5) is 38.9 Å². The summed E-state index contributed by atoms with van der Waals surface area (Å²) >= 11 is 0. The first kappa shape index (κ1) is 50.8. The molecule has 0 radical (unpaired) electrons. The number of carbonyl (C=O) groups is 1. The Kier molecular flexibility index (Phi) is 17.0. The fraction of sp³-hybridized carbons (Fsp3) is 0.0571. The molecule has 0 aromatic heterocycles. The number of hydrogen-bond acceptors (Lipinski definition) is 17. The summed E-state index contributed by atoms with van der Waals surface area (Å²) in [6.07, 6.45) is 0. The van der Waals surface area contributed by atoms with Gasteiger partial charge < -0.3 is 39.2 Å². The Balaban J connectivity index is 0.00000320. The van der Waals surface area contributed by atoms with E-state index in [0.29, 0.717) is 0 Å². The van der Waals surface area contributed by atoms with Gasteiger partial charge in [0.2, 0.25) is 0 Å². The van der Waals surface area contributed by atoms with E-state index >= 15 is 0 Å². The minimum atomic E-state index is -5.30. The number of carbonyl (C=O) groups excluding carboxylic acids is 1. The number of ether oxygens (including phenoxy) is 1. The molecule has 0 aliphatic heterocycles. The van der Waals surface area contributed by atoms with Crippen molar-refractivity contribution in [3.8, 4) is 17.2 Å². The summed E-state index contributed by atoms with van der Waals surface area (Å²) in [7, 11) is -13.9. The van der Waals surface area contributed by atoms with Crippen molar-refractivity contribution in [1.29, 1.82) is 0 Å². The number of rotatable bonds is 10. The molecule has 0 atom stereocenters. The van der Waals surface area contributed by atoms with Crippen molar-refractivity contribution in [2.24, 2.45) is 20.5 Å². The maximum Gasteiger partial charge on any atom is 1.00 e. The quantitative estimate of drug-likeness (QED) is 0.0653. The standard InChI is InChI=1S/C35H28N6O13S3.3Na/c1-18-13-23(55(45,46)47)9-12-26(18)38-40-31-29(56(48,49)50)16-19-14-21(7-10-24(19)33(31)42)36-35(44)37-22-8-11-25-20(15-22)17-30(57(51,52)53)32(34(25)43)41-39-27-5-3-4-6-28(27)54-2;;;/h3-17,42-43H,1-2H3,(H2,36,37,44)(H,45,46,47)(H,48,49,50)(H,51,52,53);;;/q;3*+1/p-3. The molecule has 25 heteroatoms. The summed E-state index contributed by atoms with van der Waals surface area (Å²) in [5.41, 5.74) is -0.871. The maximum atomic E-state index is 13.0. The van der Waals surface area contributed by atoms with Crippen LogP contribution in [0.3, 0.4) is 0 Å². The Morgan fingerprint density at radius 1 is 0.600 bits per heavy atom. The number of azo groups is 2. The first-order valence-corrected chi connectivity index (χ1v) is 20.1. The number of benzene rings is 6. The summed E-state index contributed by atoms with van der Waals surface area (Å²) < 4.78 is 113. The number of anilines is 2. The van der Waals surface area contributed by atoms with Crippen LogP contribution < -0.4 is 104 Å². The number of hydrogen-bond donors (Lipinski definition) is 4. The van der Waals surface area contributed by atoms with Gasteiger partial charge in [0.15, 0.2) is 11.5 Å². The zero-order valence-corrected chi connectivity index (χ0v) is 40.5. The number of nitrogens with zero attached hydrogens (tertiary/aromatic N) is 4. The Morgan fingerprint density at radius 2 is 1.07 bits per heavy atom. The van der Waals surface area contributed by atoms with E-state index in [9.17, 15) is 53.9 Å². The van der Waals surface area contributed by atoms with E-state index in [1.54, 1.807) is 18.2 Å². The molecular weight excluding hydrogens is 878 g/mol. The van der Waals surface area contributed by atoms with Gasteiger partial charge >= 0.3 is 94.7 Å². The minimum absolute atomic E-state index is 0. The Bertz CT molecular complexity index is 3060. The van der Waals surface area contributed by atoms with Gasteiger partial charge in [-0.1, -0.05) is 12.1 Å². The number of para-hydroxylation sites is 1. The molecule has 0 saturated heterocycles. The minimum Gasteiger partial charge on any atom is -0.744 e. The van der Waals surface area contributed by atoms with Crippen molar-refractivity contribution in [1.82, 2.24) is 0 Å². The van der Waals surface area contributed by atoms with Gasteiger partial charge in [-0.3, -0.25) is 0 Å². The molecule has 6 rings (SSSR count). The Hall–Kier alpha value is -3.56. The molecule has 0 fully saturated rings. The van der Waals surface area contributed by atoms with Crippen molar-refractivity contribution in [2.45, 2.75) is 21.6 Å². The van der Waals surface area contributed by atoms with E-state index in [1.807, 2.05) is 0 Å². The molecule has 0 aliphatic rings. The van der Waals surface area contributed by atoms with Crippen LogP contribution in [-0.2, 0) is 30.4 Å². The molecule has 60 heavy (non-hydrogen) atoms. The summed E-state index contributed by atoms with van der Waals surface area (Å²) in [4.78, 5) is 10.6. The number of amides is 2. The second kappa shape index (κ2) is 20.1. The van der Waals surface area contributed by atoms with Crippen molar-refractivity contribution in [2.75, 3.05) is 17.7 Å². The summed E-state index contributed by atoms with van der Waals surface area (Å²) in [5.74, 6) is -1.15. The molecule has 0 unspecified atom stereocenters. The maximum absolute atomic E-state index is 13.0. The third-order valence-electron chi connectivity index (χ3n) is 8.21. The molecule has 0 bridgehead atoms. The van der Waals surface area contributed by atoms with Crippen LogP contribution in [0, 0.1) is 6.92 Å². The summed E-state index contributed by atoms with van der Waals surface area (Å²) in [5, 5.41) is 42.4. The van der Waals surface area contributed by atoms with Crippen LogP contribution >= 0.6 is 0 Å². The van der Waals surface area contributed by atoms with Gasteiger partial charge in [-0.05, 0) is 102 Å². The molecule has 0 heterocycles. The van der Waals surface area contributed by atoms with Crippen LogP contribution in [0.2, 0.25) is 0 Å². The van der Waals surface area contributed by atoms with Gasteiger partial charge in [-0.2, -0.15) is 5.11 Å². The number of methoxy groups -OCH3 is 1. The van der Waals surface area contributed by atoms with Crippen molar-refractivity contribution in [3.63, 3.8) is 0 Å². The molecular formula is C35H25N6Na3O13S3. The smallest absolute Gasteiger partial charge is 0.744 e. The van der Waals surface area contributed by atoms with Crippen LogP contribution in [0.1, 0.15) is 5.56 Å². The van der Waals surface area contributed by atoms with Crippen LogP contribution in [0.25, 0.3) is 21.5 Å². The molecule has 19 nitrogen and oxygen atoms in total. The van der Waals surface area contributed by atoms with E-state index in [2.05, 4.69) is 31.1 Å². The average molecular weight is 903 g/mol. The van der Waals surface area contributed by atoms with Gasteiger partial charge in [0.25, 0.3) is 0 Å². The van der Waals surface area contributed by atoms with Crippen molar-refractivity contribution in [3.05, 3.63) is 96.6 Å². The van der Waals surface area contributed by atoms with E-state index < -0.39 is 73.9 Å². The summed E-state index contributed by atoms with van der Waals surface area (Å²) in [6, 6.07) is 18.3. The molecule has 4 N–H and O–H groups in total. The van der Waals surface area contributed by atoms with Gasteiger partial charge in [-0.25, -0.2) is 30.0 Å². The molecule has 2 amide bonds. The Morgan fingerprint density at radius 3 is 1.50 bits per heavy atom. The zero-order valence-electron chi connectivity index (χ0n) is 32.1. The third-order valence-corrected chi connectivity index (χ3v) is 10.7. The molecule has 0 aliphatic carbocycles. The predicted octanol–water partition coefficient (Wildman–Crippen LogP) is -2.08. The number of nitrogens with one attached hydrogen (secondary N) is 2. The van der Waals surface area contributed by atoms with Gasteiger partial charge in [-0.15, -0.1) is 15.3 Å². The van der Waals surface area contributed by atoms with E-state index in [0.717, 1.165) is 30.3 Å². The number of phenolic OH excluding ortho intramolecular Hbond substituents is 2. The first-order valence-electron chi connectivity index (χ1n) is 15.9. The first-order chi connectivity index (χ1) is 26.7. The molecule has 6 aromatic carbocycles. The van der Waals surface area contributed by atoms with Crippen LogP contribution in [-0.4, -0.2) is 62.3 Å². The fourth-order valence-corrected chi connectivity index (χ4v) is 7.39. The van der Waals surface area contributed by atoms with Crippen LogP contribution in [0.15, 0.2) is 126 Å². The zero-order chi connectivity index (χ0) is 41.4. The number of urea groups is 1. The van der Waals surface area contributed by atoms with Crippen molar-refractivity contribution < 1.29 is 147 Å². The number of fused-ring (bicyclic) bond motifs is 2. The summed E-state index contributed by atoms with van der Waals surface area (Å²) in [6.45, 7) is 1.40. The monoisotopic (exact) mass is 902 g/mol. The second-order valence-corrected chi connectivity index (χ2v) is 16.1. The average Bonchev–Trinajstić information content (AvgIpc) is 3.13. The van der Waals surface area contributed by atoms with Crippen LogP contribution in [0.5, 0.6) is 17.2 Å². The van der Waals surface area contributed by atoms with Gasteiger partial charge in [0, 0.05) is 22.1 Å². The van der Waals surface area contributed by atoms with E-state index in [4.69, 9.17) is 4.74 Å². The molecule has 0 spiro atoms. The number of aryl methyl sites for hydroxylation is 1. The van der Waals surface area contributed by atoms with Gasteiger partial charge in [0.05, 0.1) is 27.5 Å². The van der Waals surface area contributed by atoms with Gasteiger partial charge in [0.1, 0.15) is 53.2 Å². The van der Waals surface area contributed by atoms with E-state index in [-0.39, 0.29) is 144 Å². The number of aromatic hydroxyl groups is 2. The number of phenols is 2. The SMILES string of the molecule is COc1ccccc1N=Nc1c(S(=O)(=O)[O-])cc2cc(NC(=O)Nc3ccc4c(O)c(N=Nc5ccc(S(=O)(=O)[O-])cc5C)c(S(=O)(=O)[O-])cc4c3)ccc2c1O.[Na+].[Na+].[Na+]. The largest absolute Gasteiger partial charge is 1.00 e. The second-order valence-electron chi connectivity index (χ2n) is 12.0. The van der Waals surface area contributed by atoms with Crippen molar-refractivity contribution >= 4 is 92.1 Å². The third kappa shape index (κ3) is 11.5. The predicted molar refractivity (Wildman–Crippen MR) is 200 cm³/mol. The molecule has 0 saturated carbocycles. The molecule has 294 valence electrons. The normalized spacial score (nSPS) is 11.8. The Labute approximate surface area is 408 Å².